The summed E-state index contributed by atoms with van der Waals surface area (Å²) < 4.78 is 1.51. The van der Waals surface area contributed by atoms with Crippen LogP contribution in [-0.4, -0.2) is 3.21 Å². The van der Waals surface area contributed by atoms with Crippen LogP contribution in [0.3, 0.4) is 0 Å². The molecule has 0 saturated heterocycles. The summed E-state index contributed by atoms with van der Waals surface area (Å²) >= 11 is 1.55. The van der Waals surface area contributed by atoms with E-state index in [1.54, 1.807) is 35.4 Å². The van der Waals surface area contributed by atoms with Crippen LogP contribution in [-0.2, 0) is 24.2 Å². The molecule has 4 aromatic rings. The summed E-state index contributed by atoms with van der Waals surface area (Å²) in [5.74, 6) is 5.83. The largest absolute Gasteiger partial charge is 1.00 e. The van der Waals surface area contributed by atoms with Crippen molar-refractivity contribution in [2.45, 2.75) is 77.0 Å². The Bertz CT molecular complexity index is 1240. The van der Waals surface area contributed by atoms with Gasteiger partial charge in [0.05, 0.1) is 0 Å². The summed E-state index contributed by atoms with van der Waals surface area (Å²) in [6, 6.07) is 27.1. The molecule has 4 saturated carbocycles. The van der Waals surface area contributed by atoms with Crippen molar-refractivity contribution in [3.05, 3.63) is 83.9 Å². The number of hydrogen-bond acceptors (Lipinski definition) is 0. The summed E-state index contributed by atoms with van der Waals surface area (Å²) in [7, 11) is 0. The van der Waals surface area contributed by atoms with E-state index in [1.165, 1.54) is 76.1 Å². The van der Waals surface area contributed by atoms with Crippen LogP contribution in [0.1, 0.15) is 88.2 Å². The fraction of sp³-hybridized carbons (Fsp3) is 0.457. The van der Waals surface area contributed by atoms with Crippen LogP contribution in [0.4, 0.5) is 0 Å². The molecule has 4 fully saturated rings. The van der Waals surface area contributed by atoms with Crippen molar-refractivity contribution in [2.24, 2.45) is 23.7 Å². The van der Waals surface area contributed by atoms with Crippen molar-refractivity contribution >= 4 is 24.8 Å². The first-order valence-corrected chi connectivity index (χ1v) is 15.6. The van der Waals surface area contributed by atoms with Crippen molar-refractivity contribution in [3.63, 3.8) is 0 Å². The second kappa shape index (κ2) is 13.1. The number of rotatable bonds is 2. The van der Waals surface area contributed by atoms with Crippen molar-refractivity contribution < 1.29 is 49.0 Å². The van der Waals surface area contributed by atoms with E-state index in [9.17, 15) is 0 Å². The zero-order chi connectivity index (χ0) is 24.6. The average Bonchev–Trinajstić information content (AvgIpc) is 3.72. The SMILES string of the molecule is C[C](C)=[Zr+2].[Cl-].[Cl-].c1ccc2c(C3CC4CCC3C4)c[cH-]c2c1.c1ccc2c(C3CC4CCC3C4)c[cH-]c2c1. The molecule has 0 aromatic heterocycles. The standard InChI is InChI=1S/2C16H17.C3H6.2ClH.Zr/c2*1-2-4-14-12(3-1)7-8-15(14)16-10-11-5-6-13(16)9-11;1-3-2;;;/h2*1-4,7-8,11,13,16H,5-6,9-10H2;1-2H3;2*1H;/q2*-1;;;;+2/p-2. The second-order valence-corrected chi connectivity index (χ2v) is 14.8. The normalized spacial score (nSPS) is 28.2. The Labute approximate surface area is 256 Å². The first kappa shape index (κ1) is 30.0. The average molecular weight is 623 g/mol. The molecule has 8 rings (SSSR count). The molecule has 4 aliphatic carbocycles. The van der Waals surface area contributed by atoms with Crippen LogP contribution in [0.25, 0.3) is 21.5 Å². The van der Waals surface area contributed by atoms with E-state index in [0.29, 0.717) is 0 Å². The van der Waals surface area contributed by atoms with Crippen LogP contribution in [0.2, 0.25) is 0 Å². The molecule has 6 atom stereocenters. The fourth-order valence-electron chi connectivity index (χ4n) is 8.25. The van der Waals surface area contributed by atoms with Gasteiger partial charge in [-0.15, -0.1) is 82.2 Å². The maximum absolute atomic E-state index is 2.38. The van der Waals surface area contributed by atoms with Crippen molar-refractivity contribution in [1.29, 1.82) is 0 Å². The van der Waals surface area contributed by atoms with Gasteiger partial charge in [0.2, 0.25) is 0 Å². The van der Waals surface area contributed by atoms with Gasteiger partial charge in [0, 0.05) is 0 Å². The summed E-state index contributed by atoms with van der Waals surface area (Å²) in [4.78, 5) is 0. The quantitative estimate of drug-likeness (QED) is 0.300. The minimum absolute atomic E-state index is 0. The Kier molecular flexibility index (Phi) is 10.3. The van der Waals surface area contributed by atoms with Gasteiger partial charge in [-0.3, -0.25) is 0 Å². The number of halogens is 2. The maximum atomic E-state index is 2.38. The number of benzene rings is 2. The van der Waals surface area contributed by atoms with Crippen LogP contribution in [0, 0.1) is 23.7 Å². The third-order valence-corrected chi connectivity index (χ3v) is 9.70. The van der Waals surface area contributed by atoms with E-state index in [2.05, 4.69) is 86.6 Å². The summed E-state index contributed by atoms with van der Waals surface area (Å²) in [5.41, 5.74) is 3.28. The van der Waals surface area contributed by atoms with Gasteiger partial charge in [-0.05, 0) is 36.5 Å². The van der Waals surface area contributed by atoms with Crippen LogP contribution >= 0.6 is 0 Å². The van der Waals surface area contributed by atoms with Crippen molar-refractivity contribution in [1.82, 2.24) is 0 Å². The molecule has 4 aliphatic rings. The molecule has 6 unspecified atom stereocenters. The van der Waals surface area contributed by atoms with Gasteiger partial charge in [-0.25, -0.2) is 0 Å². The number of fused-ring (bicyclic) bond motifs is 6. The van der Waals surface area contributed by atoms with Gasteiger partial charge < -0.3 is 24.8 Å². The third-order valence-electron chi connectivity index (χ3n) is 9.70. The van der Waals surface area contributed by atoms with E-state index in [0.717, 1.165) is 35.5 Å². The molecule has 4 bridgehead atoms. The van der Waals surface area contributed by atoms with Gasteiger partial charge in [0.25, 0.3) is 0 Å². The molecule has 0 N–H and O–H groups in total. The van der Waals surface area contributed by atoms with E-state index in [-0.39, 0.29) is 24.8 Å². The van der Waals surface area contributed by atoms with Crippen molar-refractivity contribution in [2.75, 3.05) is 0 Å². The Morgan fingerprint density at radius 3 is 1.37 bits per heavy atom. The van der Waals surface area contributed by atoms with Gasteiger partial charge in [-0.1, -0.05) is 62.5 Å². The van der Waals surface area contributed by atoms with E-state index in [1.807, 2.05) is 0 Å². The molecule has 3 heteroatoms. The molecule has 0 nitrogen and oxygen atoms in total. The first-order valence-electron chi connectivity index (χ1n) is 14.4. The van der Waals surface area contributed by atoms with Gasteiger partial charge in [-0.2, -0.15) is 11.1 Å². The monoisotopic (exact) mass is 620 g/mol. The van der Waals surface area contributed by atoms with Crippen molar-refractivity contribution in [3.8, 4) is 0 Å². The predicted octanol–water partition coefficient (Wildman–Crippen LogP) is 3.68. The molecular formula is C35H40Cl2Zr-2. The Balaban J connectivity index is 0.000000149. The van der Waals surface area contributed by atoms with Crippen LogP contribution in [0.15, 0.2) is 72.8 Å². The number of hydrogen-bond donors (Lipinski definition) is 0. The minimum atomic E-state index is 0. The molecule has 0 heterocycles. The molecule has 200 valence electrons. The summed E-state index contributed by atoms with van der Waals surface area (Å²) in [6.45, 7) is 4.25. The molecule has 0 spiro atoms. The van der Waals surface area contributed by atoms with Crippen LogP contribution < -0.4 is 24.8 Å². The smallest absolute Gasteiger partial charge is 0.0413 e. The van der Waals surface area contributed by atoms with Gasteiger partial charge in [0.1, 0.15) is 0 Å². The zero-order valence-electron chi connectivity index (χ0n) is 22.8. The van der Waals surface area contributed by atoms with Gasteiger partial charge >= 0.3 is 41.3 Å². The molecule has 0 aliphatic heterocycles. The fourth-order valence-corrected chi connectivity index (χ4v) is 8.25. The van der Waals surface area contributed by atoms with E-state index < -0.39 is 0 Å². The molecular weight excluding hydrogens is 583 g/mol. The van der Waals surface area contributed by atoms with E-state index in [4.69, 9.17) is 0 Å². The maximum Gasteiger partial charge on any atom is -0.0413 e. The third kappa shape index (κ3) is 6.16. The Morgan fingerprint density at radius 1 is 0.632 bits per heavy atom. The first-order chi connectivity index (χ1) is 17.6. The molecule has 38 heavy (non-hydrogen) atoms. The summed E-state index contributed by atoms with van der Waals surface area (Å²) in [5, 5.41) is 5.89. The Hall–Kier alpha value is -1.01. The predicted molar refractivity (Wildman–Crippen MR) is 152 cm³/mol. The minimum Gasteiger partial charge on any atom is -1.00 e. The Morgan fingerprint density at radius 2 is 1.03 bits per heavy atom. The molecule has 4 aromatic carbocycles. The molecule has 0 radical (unpaired) electrons. The zero-order valence-corrected chi connectivity index (χ0v) is 26.8. The van der Waals surface area contributed by atoms with Crippen LogP contribution in [0.5, 0.6) is 0 Å². The summed E-state index contributed by atoms with van der Waals surface area (Å²) in [6.07, 6.45) is 11.9. The second-order valence-electron chi connectivity index (χ2n) is 12.3. The topological polar surface area (TPSA) is 0 Å². The molecule has 0 amide bonds. The van der Waals surface area contributed by atoms with Gasteiger partial charge in [0.15, 0.2) is 0 Å². The van der Waals surface area contributed by atoms with E-state index >= 15 is 0 Å².